The fraction of sp³-hybridized carbons (Fsp3) is 0.625. The molecular formula is C24H33F3N6O. The van der Waals surface area contributed by atoms with Crippen LogP contribution in [0.4, 0.5) is 19.1 Å². The molecule has 0 aromatic carbocycles. The third kappa shape index (κ3) is 4.92. The van der Waals surface area contributed by atoms with Gasteiger partial charge in [-0.25, -0.2) is 9.97 Å². The largest absolute Gasteiger partial charge is 0.419 e. The maximum absolute atomic E-state index is 13.9. The molecule has 2 aliphatic rings. The maximum atomic E-state index is 13.9. The maximum Gasteiger partial charge on any atom is 0.419 e. The van der Waals surface area contributed by atoms with E-state index in [1.54, 1.807) is 4.90 Å². The zero-order valence-corrected chi connectivity index (χ0v) is 20.4. The highest BCUT2D eigenvalue weighted by Crippen LogP contribution is 2.39. The molecule has 186 valence electrons. The van der Waals surface area contributed by atoms with E-state index in [1.165, 1.54) is 6.20 Å². The number of fused-ring (bicyclic) bond motifs is 1. The molecule has 0 aliphatic carbocycles. The normalized spacial score (nSPS) is 21.2. The van der Waals surface area contributed by atoms with E-state index >= 15 is 0 Å². The first-order valence-corrected chi connectivity index (χ1v) is 11.7. The van der Waals surface area contributed by atoms with Crippen molar-refractivity contribution in [1.82, 2.24) is 25.2 Å². The van der Waals surface area contributed by atoms with Gasteiger partial charge < -0.3 is 20.5 Å². The van der Waals surface area contributed by atoms with Crippen LogP contribution in [0.25, 0.3) is 11.3 Å². The molecule has 4 heterocycles. The molecular weight excluding hydrogens is 445 g/mol. The van der Waals surface area contributed by atoms with Gasteiger partial charge in [0.05, 0.1) is 5.69 Å². The van der Waals surface area contributed by atoms with Gasteiger partial charge in [0.25, 0.3) is 5.91 Å². The second-order valence-corrected chi connectivity index (χ2v) is 10.9. The Kier molecular flexibility index (Phi) is 6.16. The van der Waals surface area contributed by atoms with Crippen molar-refractivity contribution in [2.45, 2.75) is 83.6 Å². The molecule has 0 spiro atoms. The van der Waals surface area contributed by atoms with Crippen molar-refractivity contribution in [2.24, 2.45) is 0 Å². The summed E-state index contributed by atoms with van der Waals surface area (Å²) in [6.45, 7) is 11.3. The monoisotopic (exact) mass is 478 g/mol. The van der Waals surface area contributed by atoms with Crippen molar-refractivity contribution in [2.75, 3.05) is 18.4 Å². The number of hydrogen-bond donors (Lipinski definition) is 3. The zero-order valence-electron chi connectivity index (χ0n) is 20.4. The van der Waals surface area contributed by atoms with Crippen LogP contribution in [-0.2, 0) is 12.6 Å². The molecule has 0 unspecified atom stereocenters. The van der Waals surface area contributed by atoms with E-state index in [0.29, 0.717) is 42.8 Å². The highest BCUT2D eigenvalue weighted by Gasteiger charge is 2.38. The van der Waals surface area contributed by atoms with Crippen LogP contribution in [0.2, 0.25) is 0 Å². The van der Waals surface area contributed by atoms with Gasteiger partial charge in [-0.3, -0.25) is 4.79 Å². The summed E-state index contributed by atoms with van der Waals surface area (Å²) < 4.78 is 41.8. The minimum absolute atomic E-state index is 0.0165. The summed E-state index contributed by atoms with van der Waals surface area (Å²) in [5.74, 6) is -0.0520. The topological polar surface area (TPSA) is 85.9 Å². The Bertz CT molecular complexity index is 1060. The van der Waals surface area contributed by atoms with Crippen LogP contribution in [0.5, 0.6) is 0 Å². The van der Waals surface area contributed by atoms with E-state index in [4.69, 9.17) is 0 Å². The molecule has 4 rings (SSSR count). The first kappa shape index (κ1) is 24.5. The molecule has 2 aromatic rings. The van der Waals surface area contributed by atoms with Crippen molar-refractivity contribution in [3.63, 3.8) is 0 Å². The van der Waals surface area contributed by atoms with Crippen LogP contribution in [0.1, 0.15) is 75.5 Å². The lowest BCUT2D eigenvalue weighted by molar-refractivity contribution is -0.137. The Morgan fingerprint density at radius 1 is 1.24 bits per heavy atom. The van der Waals surface area contributed by atoms with Crippen molar-refractivity contribution in [1.29, 1.82) is 0 Å². The van der Waals surface area contributed by atoms with Crippen molar-refractivity contribution in [3.8, 4) is 11.3 Å². The SMILES string of the molecule is CC1(C)CC[C@H](Nc2ncc(C(F)(F)F)c(-c3c[nH]c4c3CCCN(C(C)(C)C)C4=O)n2)CN1. The smallest absolute Gasteiger partial charge is 0.356 e. The Hall–Kier alpha value is -2.62. The van der Waals surface area contributed by atoms with Gasteiger partial charge in [0, 0.05) is 48.2 Å². The number of H-pyrrole nitrogens is 1. The van der Waals surface area contributed by atoms with E-state index in [9.17, 15) is 18.0 Å². The molecule has 2 aromatic heterocycles. The predicted molar refractivity (Wildman–Crippen MR) is 125 cm³/mol. The number of aromatic nitrogens is 3. The van der Waals surface area contributed by atoms with E-state index in [0.717, 1.165) is 19.0 Å². The standard InChI is InChI=1S/C24H33F3N6O/c1-22(2,3)33-10-6-7-15-16(12-28-19(15)20(33)34)18-17(24(25,26)27)13-29-21(32-18)31-14-8-9-23(4,5)30-11-14/h12-14,28,30H,6-11H2,1-5H3,(H,29,31,32)/t14-/m0/s1. The Labute approximate surface area is 197 Å². The summed E-state index contributed by atoms with van der Waals surface area (Å²) >= 11 is 0. The number of carbonyl (C=O) groups is 1. The van der Waals surface area contributed by atoms with E-state index in [-0.39, 0.29) is 29.1 Å². The van der Waals surface area contributed by atoms with Gasteiger partial charge in [0.1, 0.15) is 11.3 Å². The number of piperidine rings is 1. The highest BCUT2D eigenvalue weighted by atomic mass is 19.4. The van der Waals surface area contributed by atoms with Crippen LogP contribution in [0.3, 0.4) is 0 Å². The van der Waals surface area contributed by atoms with Crippen LogP contribution >= 0.6 is 0 Å². The Morgan fingerprint density at radius 2 is 1.97 bits per heavy atom. The molecule has 1 fully saturated rings. The van der Waals surface area contributed by atoms with Gasteiger partial charge in [-0.1, -0.05) is 0 Å². The number of aromatic amines is 1. The Balaban J connectivity index is 1.71. The lowest BCUT2D eigenvalue weighted by atomic mass is 9.91. The fourth-order valence-electron chi connectivity index (χ4n) is 4.70. The molecule has 1 atom stereocenters. The number of amides is 1. The molecule has 0 bridgehead atoms. The van der Waals surface area contributed by atoms with Gasteiger partial charge in [-0.15, -0.1) is 0 Å². The average Bonchev–Trinajstić information content (AvgIpc) is 3.06. The van der Waals surface area contributed by atoms with Gasteiger partial charge in [0.15, 0.2) is 0 Å². The molecule has 0 radical (unpaired) electrons. The molecule has 1 saturated heterocycles. The average molecular weight is 479 g/mol. The zero-order chi connectivity index (χ0) is 24.9. The molecule has 10 heteroatoms. The number of hydrogen-bond acceptors (Lipinski definition) is 5. The van der Waals surface area contributed by atoms with Crippen molar-refractivity contribution >= 4 is 11.9 Å². The molecule has 1 amide bonds. The highest BCUT2D eigenvalue weighted by molar-refractivity contribution is 5.97. The minimum atomic E-state index is -4.62. The van der Waals surface area contributed by atoms with E-state index in [1.807, 2.05) is 20.8 Å². The summed E-state index contributed by atoms with van der Waals surface area (Å²) in [6.07, 6.45) is 0.609. The summed E-state index contributed by atoms with van der Waals surface area (Å²) in [4.78, 5) is 26.2. The third-order valence-electron chi connectivity index (χ3n) is 6.69. The fourth-order valence-corrected chi connectivity index (χ4v) is 4.70. The number of carbonyl (C=O) groups excluding carboxylic acids is 1. The molecule has 7 nitrogen and oxygen atoms in total. The lowest BCUT2D eigenvalue weighted by Gasteiger charge is -2.36. The summed E-state index contributed by atoms with van der Waals surface area (Å²) in [6, 6.07) is 0.0165. The molecule has 3 N–H and O–H groups in total. The summed E-state index contributed by atoms with van der Waals surface area (Å²) in [5, 5.41) is 6.62. The van der Waals surface area contributed by atoms with Crippen LogP contribution in [0, 0.1) is 0 Å². The first-order valence-electron chi connectivity index (χ1n) is 11.7. The van der Waals surface area contributed by atoms with Gasteiger partial charge in [0.2, 0.25) is 5.95 Å². The molecule has 0 saturated carbocycles. The number of nitrogens with zero attached hydrogens (tertiary/aromatic N) is 3. The first-order chi connectivity index (χ1) is 15.8. The summed E-state index contributed by atoms with van der Waals surface area (Å²) in [5.41, 5.74) is -0.262. The number of rotatable bonds is 3. The second-order valence-electron chi connectivity index (χ2n) is 10.9. The third-order valence-corrected chi connectivity index (χ3v) is 6.69. The van der Waals surface area contributed by atoms with Crippen molar-refractivity contribution in [3.05, 3.63) is 29.2 Å². The van der Waals surface area contributed by atoms with Crippen LogP contribution in [0.15, 0.2) is 12.4 Å². The lowest BCUT2D eigenvalue weighted by Crippen LogP contribution is -2.50. The Morgan fingerprint density at radius 3 is 2.59 bits per heavy atom. The van der Waals surface area contributed by atoms with Crippen LogP contribution < -0.4 is 10.6 Å². The van der Waals surface area contributed by atoms with Gasteiger partial charge in [-0.2, -0.15) is 13.2 Å². The minimum Gasteiger partial charge on any atom is -0.356 e. The number of anilines is 1. The van der Waals surface area contributed by atoms with Gasteiger partial charge in [-0.05, 0) is 65.9 Å². The number of nitrogens with one attached hydrogen (secondary N) is 3. The molecule has 2 aliphatic heterocycles. The van der Waals surface area contributed by atoms with Crippen molar-refractivity contribution < 1.29 is 18.0 Å². The van der Waals surface area contributed by atoms with Gasteiger partial charge >= 0.3 is 6.18 Å². The van der Waals surface area contributed by atoms with Crippen LogP contribution in [-0.4, -0.2) is 56.0 Å². The summed E-state index contributed by atoms with van der Waals surface area (Å²) in [7, 11) is 0. The quantitative estimate of drug-likeness (QED) is 0.599. The van der Waals surface area contributed by atoms with E-state index < -0.39 is 17.3 Å². The second kappa shape index (κ2) is 8.55. The number of halogens is 3. The predicted octanol–water partition coefficient (Wildman–Crippen LogP) is 4.62. The van der Waals surface area contributed by atoms with E-state index in [2.05, 4.69) is 39.4 Å². The molecule has 34 heavy (non-hydrogen) atoms. The number of alkyl halides is 3.